The fraction of sp³-hybridized carbons (Fsp3) is 0.625. The van der Waals surface area contributed by atoms with Crippen LogP contribution in [0.4, 0.5) is 0 Å². The number of carbonyl (C=O) groups excluding carboxylic acids is 2. The van der Waals surface area contributed by atoms with Gasteiger partial charge in [0.2, 0.25) is 17.7 Å². The molecule has 7 nitrogen and oxygen atoms in total. The minimum Gasteiger partial charge on any atom is -0.472 e. The first-order valence-electron chi connectivity index (χ1n) is 8.08. The first-order chi connectivity index (χ1) is 11.0. The minimum absolute atomic E-state index is 0.000742. The van der Waals surface area contributed by atoms with E-state index < -0.39 is 0 Å². The normalized spacial score (nSPS) is 24.4. The predicted molar refractivity (Wildman–Crippen MR) is 82.9 cm³/mol. The number of aromatic nitrogens is 2. The Bertz CT molecular complexity index is 599. The quantitative estimate of drug-likeness (QED) is 0.888. The molecule has 124 valence electrons. The maximum Gasteiger partial charge on any atom is 0.245 e. The van der Waals surface area contributed by atoms with Crippen molar-refractivity contribution >= 4 is 11.8 Å². The van der Waals surface area contributed by atoms with E-state index in [-0.39, 0.29) is 24.0 Å². The molecule has 2 saturated heterocycles. The number of hydrogen-bond acceptors (Lipinski definition) is 5. The van der Waals surface area contributed by atoms with Crippen LogP contribution in [-0.4, -0.2) is 51.9 Å². The summed E-state index contributed by atoms with van der Waals surface area (Å²) in [6.07, 6.45) is 2.73. The number of carbonyl (C=O) groups is 2. The second-order valence-corrected chi connectivity index (χ2v) is 6.22. The first-order valence-corrected chi connectivity index (χ1v) is 8.08. The van der Waals surface area contributed by atoms with E-state index in [1.165, 1.54) is 0 Å². The van der Waals surface area contributed by atoms with Gasteiger partial charge >= 0.3 is 0 Å². The fourth-order valence-electron chi connectivity index (χ4n) is 3.17. The van der Waals surface area contributed by atoms with Crippen molar-refractivity contribution in [2.24, 2.45) is 0 Å². The van der Waals surface area contributed by atoms with Crippen LogP contribution in [0, 0.1) is 13.8 Å². The number of nitrogens with zero attached hydrogens (tertiary/aromatic N) is 3. The van der Waals surface area contributed by atoms with E-state index in [0.29, 0.717) is 37.6 Å². The molecule has 0 bridgehead atoms. The third-order valence-electron chi connectivity index (χ3n) is 4.21. The number of nitrogens with one attached hydrogen (secondary N) is 1. The van der Waals surface area contributed by atoms with Gasteiger partial charge in [0.15, 0.2) is 0 Å². The molecule has 3 rings (SSSR count). The molecule has 1 aromatic heterocycles. The maximum atomic E-state index is 12.5. The molecule has 0 spiro atoms. The summed E-state index contributed by atoms with van der Waals surface area (Å²) < 4.78 is 5.95. The highest BCUT2D eigenvalue weighted by atomic mass is 16.5. The van der Waals surface area contributed by atoms with Crippen LogP contribution in [-0.2, 0) is 9.59 Å². The lowest BCUT2D eigenvalue weighted by Crippen LogP contribution is -2.50. The zero-order valence-electron chi connectivity index (χ0n) is 13.5. The molecule has 1 aromatic rings. The van der Waals surface area contributed by atoms with E-state index in [1.54, 1.807) is 4.90 Å². The van der Waals surface area contributed by atoms with E-state index in [4.69, 9.17) is 4.74 Å². The minimum atomic E-state index is -0.371. The molecule has 2 amide bonds. The van der Waals surface area contributed by atoms with Crippen LogP contribution in [0.15, 0.2) is 6.07 Å². The summed E-state index contributed by atoms with van der Waals surface area (Å²) in [7, 11) is 0. The van der Waals surface area contributed by atoms with Crippen molar-refractivity contribution in [3.05, 3.63) is 17.6 Å². The standard InChI is InChI=1S/C16H22N4O3/c1-10-8-15(18-11(2)17-10)23-12-4-3-7-20(9-12)16(22)13-5-6-14(21)19-13/h8,12-13H,3-7,9H2,1-2H3,(H,19,21). The SMILES string of the molecule is Cc1cc(OC2CCCN(C(=O)C3CCC(=O)N3)C2)nc(C)n1. The van der Waals surface area contributed by atoms with Gasteiger partial charge in [-0.05, 0) is 33.1 Å². The van der Waals surface area contributed by atoms with Gasteiger partial charge in [-0.1, -0.05) is 0 Å². The maximum absolute atomic E-state index is 12.5. The van der Waals surface area contributed by atoms with Crippen molar-refractivity contribution in [1.29, 1.82) is 0 Å². The summed E-state index contributed by atoms with van der Waals surface area (Å²) >= 11 is 0. The lowest BCUT2D eigenvalue weighted by Gasteiger charge is -2.34. The Labute approximate surface area is 135 Å². The molecule has 2 atom stereocenters. The van der Waals surface area contributed by atoms with E-state index in [2.05, 4.69) is 15.3 Å². The molecule has 3 heterocycles. The highest BCUT2D eigenvalue weighted by Crippen LogP contribution is 2.19. The Morgan fingerprint density at radius 2 is 2.17 bits per heavy atom. The zero-order valence-corrected chi connectivity index (χ0v) is 13.5. The molecular weight excluding hydrogens is 296 g/mol. The fourth-order valence-corrected chi connectivity index (χ4v) is 3.17. The first kappa shape index (κ1) is 15.7. The number of aryl methyl sites for hydroxylation is 2. The number of hydrogen-bond donors (Lipinski definition) is 1. The Morgan fingerprint density at radius 1 is 1.35 bits per heavy atom. The summed E-state index contributed by atoms with van der Waals surface area (Å²) in [6, 6.07) is 1.44. The van der Waals surface area contributed by atoms with Crippen molar-refractivity contribution in [2.75, 3.05) is 13.1 Å². The molecule has 2 unspecified atom stereocenters. The lowest BCUT2D eigenvalue weighted by molar-refractivity contribution is -0.136. The second-order valence-electron chi connectivity index (χ2n) is 6.22. The van der Waals surface area contributed by atoms with Crippen molar-refractivity contribution in [3.8, 4) is 5.88 Å². The van der Waals surface area contributed by atoms with Gasteiger partial charge in [-0.2, -0.15) is 4.98 Å². The smallest absolute Gasteiger partial charge is 0.245 e. The average Bonchev–Trinajstić information content (AvgIpc) is 2.92. The number of amides is 2. The summed E-state index contributed by atoms with van der Waals surface area (Å²) in [6.45, 7) is 4.99. The summed E-state index contributed by atoms with van der Waals surface area (Å²) in [5, 5.41) is 2.74. The van der Waals surface area contributed by atoms with Gasteiger partial charge in [-0.15, -0.1) is 0 Å². The van der Waals surface area contributed by atoms with E-state index in [0.717, 1.165) is 18.5 Å². The van der Waals surface area contributed by atoms with Crippen LogP contribution in [0.25, 0.3) is 0 Å². The van der Waals surface area contributed by atoms with E-state index >= 15 is 0 Å². The molecule has 0 aromatic carbocycles. The highest BCUT2D eigenvalue weighted by Gasteiger charge is 2.33. The van der Waals surface area contributed by atoms with Crippen LogP contribution in [0.5, 0.6) is 5.88 Å². The van der Waals surface area contributed by atoms with Gasteiger partial charge < -0.3 is 15.0 Å². The summed E-state index contributed by atoms with van der Waals surface area (Å²) in [5.41, 5.74) is 0.866. The van der Waals surface area contributed by atoms with Crippen LogP contribution >= 0.6 is 0 Å². The van der Waals surface area contributed by atoms with Crippen molar-refractivity contribution in [1.82, 2.24) is 20.2 Å². The molecule has 7 heteroatoms. The third-order valence-corrected chi connectivity index (χ3v) is 4.21. The number of likely N-dealkylation sites (tertiary alicyclic amines) is 1. The molecule has 2 fully saturated rings. The molecule has 1 N–H and O–H groups in total. The molecule has 2 aliphatic heterocycles. The number of piperidine rings is 1. The van der Waals surface area contributed by atoms with Crippen LogP contribution in [0.3, 0.4) is 0 Å². The Morgan fingerprint density at radius 3 is 2.87 bits per heavy atom. The van der Waals surface area contributed by atoms with Gasteiger partial charge in [-0.25, -0.2) is 4.98 Å². The predicted octanol–water partition coefficient (Wildman–Crippen LogP) is 0.742. The van der Waals surface area contributed by atoms with Gasteiger partial charge in [0.1, 0.15) is 18.0 Å². The van der Waals surface area contributed by atoms with Gasteiger partial charge in [0.05, 0.1) is 6.54 Å². The van der Waals surface area contributed by atoms with Gasteiger partial charge in [-0.3, -0.25) is 9.59 Å². The Hall–Kier alpha value is -2.18. The topological polar surface area (TPSA) is 84.4 Å². The summed E-state index contributed by atoms with van der Waals surface area (Å²) in [5.74, 6) is 1.19. The van der Waals surface area contributed by atoms with Gasteiger partial charge in [0, 0.05) is 24.7 Å². The number of ether oxygens (including phenoxy) is 1. The van der Waals surface area contributed by atoms with E-state index in [9.17, 15) is 9.59 Å². The Balaban J connectivity index is 1.61. The second kappa shape index (κ2) is 6.52. The van der Waals surface area contributed by atoms with Crippen LogP contribution < -0.4 is 10.1 Å². The zero-order chi connectivity index (χ0) is 16.4. The molecule has 0 radical (unpaired) electrons. The monoisotopic (exact) mass is 318 g/mol. The molecule has 2 aliphatic rings. The third kappa shape index (κ3) is 3.78. The number of rotatable bonds is 3. The summed E-state index contributed by atoms with van der Waals surface area (Å²) in [4.78, 5) is 34.1. The van der Waals surface area contributed by atoms with Crippen LogP contribution in [0.2, 0.25) is 0 Å². The molecule has 0 aliphatic carbocycles. The Kier molecular flexibility index (Phi) is 4.45. The largest absolute Gasteiger partial charge is 0.472 e. The molecule has 23 heavy (non-hydrogen) atoms. The van der Waals surface area contributed by atoms with E-state index in [1.807, 2.05) is 19.9 Å². The molecular formula is C16H22N4O3. The average molecular weight is 318 g/mol. The molecule has 0 saturated carbocycles. The van der Waals surface area contributed by atoms with Crippen molar-refractivity contribution < 1.29 is 14.3 Å². The van der Waals surface area contributed by atoms with Crippen molar-refractivity contribution in [3.63, 3.8) is 0 Å². The van der Waals surface area contributed by atoms with Gasteiger partial charge in [0.25, 0.3) is 0 Å². The lowest BCUT2D eigenvalue weighted by atomic mass is 10.1. The van der Waals surface area contributed by atoms with Crippen molar-refractivity contribution in [2.45, 2.75) is 51.7 Å². The highest BCUT2D eigenvalue weighted by molar-refractivity contribution is 5.90. The van der Waals surface area contributed by atoms with Crippen LogP contribution in [0.1, 0.15) is 37.2 Å².